The van der Waals surface area contributed by atoms with Gasteiger partial charge in [-0.25, -0.2) is 0 Å². The Morgan fingerprint density at radius 3 is 1.56 bits per heavy atom. The molecule has 94 valence electrons. The van der Waals surface area contributed by atoms with Gasteiger partial charge in [0.1, 0.15) is 5.75 Å². The van der Waals surface area contributed by atoms with Crippen LogP contribution in [-0.4, -0.2) is 30.8 Å². The van der Waals surface area contributed by atoms with Gasteiger partial charge in [0.2, 0.25) is 0 Å². The summed E-state index contributed by atoms with van der Waals surface area (Å²) in [6, 6.07) is 7.09. The van der Waals surface area contributed by atoms with E-state index in [0.29, 0.717) is 5.75 Å². The second-order valence-corrected chi connectivity index (χ2v) is 3.88. The van der Waals surface area contributed by atoms with Crippen molar-refractivity contribution in [3.63, 3.8) is 0 Å². The van der Waals surface area contributed by atoms with Crippen molar-refractivity contribution in [3.05, 3.63) is 48.6 Å². The summed E-state index contributed by atoms with van der Waals surface area (Å²) in [7, 11) is 3.93. The first kappa shape index (κ1) is 13.7. The van der Waals surface area contributed by atoms with Crippen LogP contribution in [0, 0.1) is 0 Å². The van der Waals surface area contributed by atoms with Crippen molar-refractivity contribution < 1.29 is 14.7 Å². The average Bonchev–Trinajstić information content (AvgIpc) is 2.34. The molecule has 1 aromatic rings. The van der Waals surface area contributed by atoms with Gasteiger partial charge in [-0.1, -0.05) is 0 Å². The van der Waals surface area contributed by atoms with E-state index in [2.05, 4.69) is 0 Å². The number of allylic oxidation sites excluding steroid dienone is 4. The van der Waals surface area contributed by atoms with E-state index in [0.717, 1.165) is 5.69 Å². The van der Waals surface area contributed by atoms with Gasteiger partial charge in [0.25, 0.3) is 0 Å². The standard InChI is InChI=1S/C8H11NO.C6H4O2/c1-9(2)7-3-5-8(10)6-4-7;7-5-1-2-6(8)4-3-5/h3-6,10H,1-2H3;1-4H. The monoisotopic (exact) mass is 245 g/mol. The van der Waals surface area contributed by atoms with E-state index < -0.39 is 0 Å². The molecule has 0 spiro atoms. The number of phenolic OH excluding ortho intramolecular Hbond substituents is 1. The van der Waals surface area contributed by atoms with Crippen LogP contribution in [0.2, 0.25) is 0 Å². The lowest BCUT2D eigenvalue weighted by Crippen LogP contribution is -2.07. The number of hydrogen-bond donors (Lipinski definition) is 1. The third kappa shape index (κ3) is 4.65. The molecule has 0 amide bonds. The Bertz CT molecular complexity index is 446. The first-order valence-electron chi connectivity index (χ1n) is 5.39. The van der Waals surface area contributed by atoms with E-state index in [-0.39, 0.29) is 11.6 Å². The third-order valence-corrected chi connectivity index (χ3v) is 2.19. The Morgan fingerprint density at radius 1 is 0.833 bits per heavy atom. The van der Waals surface area contributed by atoms with Gasteiger partial charge in [0, 0.05) is 19.8 Å². The molecule has 0 bridgehead atoms. The topological polar surface area (TPSA) is 57.6 Å². The zero-order valence-corrected chi connectivity index (χ0v) is 10.3. The Labute approximate surface area is 106 Å². The summed E-state index contributed by atoms with van der Waals surface area (Å²) in [5, 5.41) is 8.92. The van der Waals surface area contributed by atoms with Gasteiger partial charge < -0.3 is 10.0 Å². The Hall–Kier alpha value is -2.36. The molecule has 4 nitrogen and oxygen atoms in total. The lowest BCUT2D eigenvalue weighted by molar-refractivity contribution is -0.113. The number of nitrogens with zero attached hydrogens (tertiary/aromatic N) is 1. The molecule has 0 saturated heterocycles. The summed E-state index contributed by atoms with van der Waals surface area (Å²) in [6.45, 7) is 0. The van der Waals surface area contributed by atoms with Gasteiger partial charge in [0.05, 0.1) is 0 Å². The van der Waals surface area contributed by atoms with E-state index in [1.165, 1.54) is 24.3 Å². The van der Waals surface area contributed by atoms with Crippen molar-refractivity contribution >= 4 is 17.3 Å². The summed E-state index contributed by atoms with van der Waals surface area (Å²) < 4.78 is 0. The van der Waals surface area contributed by atoms with Crippen LogP contribution in [0.15, 0.2) is 48.6 Å². The van der Waals surface area contributed by atoms with Crippen molar-refractivity contribution in [2.45, 2.75) is 0 Å². The molecule has 0 radical (unpaired) electrons. The largest absolute Gasteiger partial charge is 0.508 e. The zero-order valence-electron chi connectivity index (χ0n) is 10.3. The normalized spacial score (nSPS) is 13.0. The highest BCUT2D eigenvalue weighted by molar-refractivity contribution is 6.14. The quantitative estimate of drug-likeness (QED) is 0.765. The van der Waals surface area contributed by atoms with Gasteiger partial charge in [-0.15, -0.1) is 0 Å². The van der Waals surface area contributed by atoms with Crippen LogP contribution in [0.1, 0.15) is 0 Å². The molecule has 1 aliphatic carbocycles. The molecule has 0 aliphatic heterocycles. The summed E-state index contributed by atoms with van der Waals surface area (Å²) in [5.41, 5.74) is 1.10. The fourth-order valence-corrected chi connectivity index (χ4v) is 1.19. The van der Waals surface area contributed by atoms with E-state index in [1.54, 1.807) is 12.1 Å². The van der Waals surface area contributed by atoms with Crippen LogP contribution in [0.5, 0.6) is 5.75 Å². The maximum Gasteiger partial charge on any atom is 0.178 e. The molecule has 1 aliphatic rings. The summed E-state index contributed by atoms with van der Waals surface area (Å²) in [6.07, 6.45) is 5.01. The van der Waals surface area contributed by atoms with Crippen LogP contribution in [0.25, 0.3) is 0 Å². The number of carbonyl (C=O) groups excluding carboxylic acids is 2. The first-order chi connectivity index (χ1) is 8.49. The van der Waals surface area contributed by atoms with Gasteiger partial charge in [-0.05, 0) is 48.6 Å². The molecule has 0 heterocycles. The highest BCUT2D eigenvalue weighted by Crippen LogP contribution is 2.15. The number of aromatic hydroxyl groups is 1. The van der Waals surface area contributed by atoms with Crippen molar-refractivity contribution in [2.75, 3.05) is 19.0 Å². The minimum Gasteiger partial charge on any atom is -0.508 e. The molecule has 1 N–H and O–H groups in total. The highest BCUT2D eigenvalue weighted by atomic mass is 16.3. The van der Waals surface area contributed by atoms with Crippen molar-refractivity contribution in [1.29, 1.82) is 0 Å². The predicted octanol–water partition coefficient (Wildman–Crippen LogP) is 1.71. The lowest BCUT2D eigenvalue weighted by Gasteiger charge is -2.11. The molecule has 0 saturated carbocycles. The number of rotatable bonds is 1. The summed E-state index contributed by atoms with van der Waals surface area (Å²) >= 11 is 0. The molecule has 4 heteroatoms. The zero-order chi connectivity index (χ0) is 13.5. The Kier molecular flexibility index (Phi) is 4.87. The molecule has 0 atom stereocenters. The van der Waals surface area contributed by atoms with Crippen LogP contribution in [-0.2, 0) is 9.59 Å². The van der Waals surface area contributed by atoms with E-state index in [9.17, 15) is 9.59 Å². The SMILES string of the molecule is CN(C)c1ccc(O)cc1.O=C1C=CC(=O)C=C1. The second kappa shape index (κ2) is 6.39. The smallest absolute Gasteiger partial charge is 0.178 e. The number of carbonyl (C=O) groups is 2. The number of benzene rings is 1. The van der Waals surface area contributed by atoms with Gasteiger partial charge in [-0.3, -0.25) is 9.59 Å². The van der Waals surface area contributed by atoms with E-state index >= 15 is 0 Å². The number of phenols is 1. The number of anilines is 1. The maximum atomic E-state index is 10.3. The Balaban J connectivity index is 0.000000184. The summed E-state index contributed by atoms with van der Waals surface area (Å²) in [4.78, 5) is 22.6. The van der Waals surface area contributed by atoms with Crippen molar-refractivity contribution in [3.8, 4) is 5.75 Å². The van der Waals surface area contributed by atoms with E-state index in [4.69, 9.17) is 5.11 Å². The molecule has 0 fully saturated rings. The minimum atomic E-state index is -0.121. The molecular weight excluding hydrogens is 230 g/mol. The van der Waals surface area contributed by atoms with Crippen LogP contribution >= 0.6 is 0 Å². The molecular formula is C14H15NO3. The predicted molar refractivity (Wildman–Crippen MR) is 70.7 cm³/mol. The van der Waals surface area contributed by atoms with E-state index in [1.807, 2.05) is 31.1 Å². The molecule has 1 aromatic carbocycles. The first-order valence-corrected chi connectivity index (χ1v) is 5.39. The number of hydrogen-bond acceptors (Lipinski definition) is 4. The van der Waals surface area contributed by atoms with Crippen LogP contribution in [0.4, 0.5) is 5.69 Å². The molecule has 2 rings (SSSR count). The Morgan fingerprint density at radius 2 is 1.22 bits per heavy atom. The minimum absolute atomic E-state index is 0.121. The molecule has 18 heavy (non-hydrogen) atoms. The second-order valence-electron chi connectivity index (χ2n) is 3.88. The van der Waals surface area contributed by atoms with Crippen LogP contribution in [0.3, 0.4) is 0 Å². The highest BCUT2D eigenvalue weighted by Gasteiger charge is 1.98. The molecule has 0 aromatic heterocycles. The maximum absolute atomic E-state index is 10.3. The van der Waals surface area contributed by atoms with Gasteiger partial charge in [0.15, 0.2) is 11.6 Å². The van der Waals surface area contributed by atoms with Crippen molar-refractivity contribution in [1.82, 2.24) is 0 Å². The third-order valence-electron chi connectivity index (χ3n) is 2.19. The average molecular weight is 245 g/mol. The number of ketones is 2. The van der Waals surface area contributed by atoms with Gasteiger partial charge >= 0.3 is 0 Å². The summed E-state index contributed by atoms with van der Waals surface area (Å²) in [5.74, 6) is 0.0693. The lowest BCUT2D eigenvalue weighted by atomic mass is 10.2. The fourth-order valence-electron chi connectivity index (χ4n) is 1.19. The van der Waals surface area contributed by atoms with Crippen molar-refractivity contribution in [2.24, 2.45) is 0 Å². The van der Waals surface area contributed by atoms with Crippen LogP contribution < -0.4 is 4.90 Å². The fraction of sp³-hybridized carbons (Fsp3) is 0.143. The molecule has 0 unspecified atom stereocenters. The van der Waals surface area contributed by atoms with Gasteiger partial charge in [-0.2, -0.15) is 0 Å².